The van der Waals surface area contributed by atoms with Crippen LogP contribution in [0.1, 0.15) is 44.9 Å². The zero-order valence-corrected chi connectivity index (χ0v) is 19.4. The molecule has 1 aromatic carbocycles. The van der Waals surface area contributed by atoms with Crippen LogP contribution in [0.15, 0.2) is 36.4 Å². The Morgan fingerprint density at radius 1 is 1.24 bits per heavy atom. The van der Waals surface area contributed by atoms with Crippen LogP contribution in [-0.2, 0) is 11.2 Å². The fraction of sp³-hybridized carbons (Fsp3) is 0.417. The molecule has 0 spiro atoms. The standard InChI is InChI=1S/C24H30N4O6/c1-25-23(30)21-14-17(13-18(27-21)11-16-5-3-6-19(12-16)33-2)22(29)26-8-4-7-20-15-28(24(31)32)9-10-34-20/h3,5-6,12-14,20H,4,7-11,15H2,1-2H3,(H,25,30)(H,26,29)(H,31,32). The number of carboxylic acid groups (broad SMARTS) is 1. The van der Waals surface area contributed by atoms with E-state index in [4.69, 9.17) is 14.6 Å². The number of aromatic nitrogens is 1. The van der Waals surface area contributed by atoms with Crippen LogP contribution in [0.4, 0.5) is 4.79 Å². The number of methoxy groups -OCH3 is 1. The summed E-state index contributed by atoms with van der Waals surface area (Å²) in [6.07, 6.45) is 0.563. The second-order valence-corrected chi connectivity index (χ2v) is 7.96. The number of hydrogen-bond donors (Lipinski definition) is 3. The van der Waals surface area contributed by atoms with Gasteiger partial charge in [-0.3, -0.25) is 9.59 Å². The van der Waals surface area contributed by atoms with Gasteiger partial charge in [0.2, 0.25) is 0 Å². The number of pyridine rings is 1. The van der Waals surface area contributed by atoms with Crippen LogP contribution in [0.2, 0.25) is 0 Å². The highest BCUT2D eigenvalue weighted by molar-refractivity contribution is 5.98. The Labute approximate surface area is 198 Å². The van der Waals surface area contributed by atoms with Gasteiger partial charge in [0.1, 0.15) is 11.4 Å². The van der Waals surface area contributed by atoms with Crippen LogP contribution in [0.3, 0.4) is 0 Å². The average Bonchev–Trinajstić information content (AvgIpc) is 2.86. The molecule has 3 amide bonds. The first-order valence-electron chi connectivity index (χ1n) is 11.1. The van der Waals surface area contributed by atoms with Crippen molar-refractivity contribution >= 4 is 17.9 Å². The normalized spacial score (nSPS) is 15.5. The van der Waals surface area contributed by atoms with Crippen molar-refractivity contribution in [3.8, 4) is 5.75 Å². The van der Waals surface area contributed by atoms with Gasteiger partial charge < -0.3 is 30.1 Å². The molecular weight excluding hydrogens is 440 g/mol. The predicted octanol–water partition coefficient (Wildman–Crippen LogP) is 1.93. The monoisotopic (exact) mass is 470 g/mol. The summed E-state index contributed by atoms with van der Waals surface area (Å²) in [5.74, 6) is 0.0292. The Balaban J connectivity index is 1.62. The minimum absolute atomic E-state index is 0.164. The highest BCUT2D eigenvalue weighted by atomic mass is 16.5. The number of hydrogen-bond acceptors (Lipinski definition) is 6. The van der Waals surface area contributed by atoms with Gasteiger partial charge in [-0.05, 0) is 42.7 Å². The van der Waals surface area contributed by atoms with Gasteiger partial charge in [-0.1, -0.05) is 12.1 Å². The lowest BCUT2D eigenvalue weighted by Gasteiger charge is -2.31. The molecule has 10 nitrogen and oxygen atoms in total. The summed E-state index contributed by atoms with van der Waals surface area (Å²) in [7, 11) is 3.10. The van der Waals surface area contributed by atoms with E-state index in [1.807, 2.05) is 24.3 Å². The minimum Gasteiger partial charge on any atom is -0.497 e. The summed E-state index contributed by atoms with van der Waals surface area (Å²) in [6, 6.07) is 10.7. The van der Waals surface area contributed by atoms with E-state index in [0.29, 0.717) is 62.5 Å². The van der Waals surface area contributed by atoms with Crippen molar-refractivity contribution in [3.63, 3.8) is 0 Å². The molecule has 0 saturated carbocycles. The highest BCUT2D eigenvalue weighted by Gasteiger charge is 2.23. The van der Waals surface area contributed by atoms with Crippen LogP contribution >= 0.6 is 0 Å². The molecule has 1 aliphatic rings. The van der Waals surface area contributed by atoms with Crippen molar-refractivity contribution in [1.29, 1.82) is 0 Å². The summed E-state index contributed by atoms with van der Waals surface area (Å²) < 4.78 is 10.9. The lowest BCUT2D eigenvalue weighted by atomic mass is 10.1. The molecule has 1 atom stereocenters. The second kappa shape index (κ2) is 12.0. The van der Waals surface area contributed by atoms with Gasteiger partial charge in [0.15, 0.2) is 0 Å². The summed E-state index contributed by atoms with van der Waals surface area (Å²) in [5.41, 5.74) is 2.04. The van der Waals surface area contributed by atoms with Crippen molar-refractivity contribution in [2.75, 3.05) is 40.4 Å². The van der Waals surface area contributed by atoms with Crippen LogP contribution < -0.4 is 15.4 Å². The molecule has 1 aliphatic heterocycles. The van der Waals surface area contributed by atoms with E-state index in [1.165, 1.54) is 18.0 Å². The Hall–Kier alpha value is -3.66. The molecule has 0 radical (unpaired) electrons. The first kappa shape index (κ1) is 25.0. The van der Waals surface area contributed by atoms with E-state index in [1.54, 1.807) is 13.2 Å². The number of nitrogens with one attached hydrogen (secondary N) is 2. The minimum atomic E-state index is -0.948. The van der Waals surface area contributed by atoms with Crippen molar-refractivity contribution in [2.24, 2.45) is 0 Å². The fourth-order valence-electron chi connectivity index (χ4n) is 3.75. The van der Waals surface area contributed by atoms with Crippen LogP contribution in [0.5, 0.6) is 5.75 Å². The lowest BCUT2D eigenvalue weighted by molar-refractivity contribution is -0.0259. The van der Waals surface area contributed by atoms with Gasteiger partial charge >= 0.3 is 6.09 Å². The van der Waals surface area contributed by atoms with E-state index in [9.17, 15) is 14.4 Å². The van der Waals surface area contributed by atoms with Gasteiger partial charge in [0, 0.05) is 37.8 Å². The van der Waals surface area contributed by atoms with Crippen molar-refractivity contribution in [1.82, 2.24) is 20.5 Å². The maximum absolute atomic E-state index is 12.8. The van der Waals surface area contributed by atoms with Gasteiger partial charge in [-0.15, -0.1) is 0 Å². The summed E-state index contributed by atoms with van der Waals surface area (Å²) in [6.45, 7) is 1.47. The maximum Gasteiger partial charge on any atom is 0.407 e. The zero-order chi connectivity index (χ0) is 24.5. The molecule has 2 heterocycles. The third-order valence-electron chi connectivity index (χ3n) is 5.52. The van der Waals surface area contributed by atoms with Crippen LogP contribution in [0.25, 0.3) is 0 Å². The Morgan fingerprint density at radius 3 is 2.79 bits per heavy atom. The van der Waals surface area contributed by atoms with Gasteiger partial charge in [-0.25, -0.2) is 9.78 Å². The molecule has 182 valence electrons. The molecule has 1 aromatic heterocycles. The zero-order valence-electron chi connectivity index (χ0n) is 19.4. The van der Waals surface area contributed by atoms with Crippen molar-refractivity contribution < 1.29 is 29.0 Å². The molecule has 3 N–H and O–H groups in total. The molecule has 2 aromatic rings. The number of benzene rings is 1. The topological polar surface area (TPSA) is 130 Å². The first-order valence-corrected chi connectivity index (χ1v) is 11.1. The van der Waals surface area contributed by atoms with E-state index in [0.717, 1.165) is 5.56 Å². The van der Waals surface area contributed by atoms with Crippen molar-refractivity contribution in [2.45, 2.75) is 25.4 Å². The maximum atomic E-state index is 12.8. The fourth-order valence-corrected chi connectivity index (χ4v) is 3.75. The highest BCUT2D eigenvalue weighted by Crippen LogP contribution is 2.17. The SMILES string of the molecule is CNC(=O)c1cc(C(=O)NCCCC2CN(C(=O)O)CCO2)cc(Cc2cccc(OC)c2)n1. The van der Waals surface area contributed by atoms with Gasteiger partial charge in [0.05, 0.1) is 26.4 Å². The number of carbonyl (C=O) groups is 3. The van der Waals surface area contributed by atoms with Crippen LogP contribution in [0, 0.1) is 0 Å². The molecule has 1 saturated heterocycles. The van der Waals surface area contributed by atoms with E-state index < -0.39 is 6.09 Å². The summed E-state index contributed by atoms with van der Waals surface area (Å²) in [4.78, 5) is 41.9. The lowest BCUT2D eigenvalue weighted by Crippen LogP contribution is -2.45. The Morgan fingerprint density at radius 2 is 2.06 bits per heavy atom. The smallest absolute Gasteiger partial charge is 0.407 e. The average molecular weight is 471 g/mol. The largest absolute Gasteiger partial charge is 0.497 e. The van der Waals surface area contributed by atoms with Gasteiger partial charge in [0.25, 0.3) is 11.8 Å². The molecule has 3 rings (SSSR count). The molecule has 34 heavy (non-hydrogen) atoms. The van der Waals surface area contributed by atoms with Gasteiger partial charge in [-0.2, -0.15) is 0 Å². The Bertz CT molecular complexity index is 1030. The number of amides is 3. The molecule has 10 heteroatoms. The number of nitrogens with zero attached hydrogens (tertiary/aromatic N) is 2. The molecule has 1 unspecified atom stereocenters. The van der Waals surface area contributed by atoms with Crippen LogP contribution in [-0.4, -0.2) is 79.4 Å². The summed E-state index contributed by atoms with van der Waals surface area (Å²) in [5, 5.41) is 14.5. The molecule has 0 aliphatic carbocycles. The quantitative estimate of drug-likeness (QED) is 0.478. The number of carbonyl (C=O) groups excluding carboxylic acids is 2. The molecular formula is C24H30N4O6. The third-order valence-corrected chi connectivity index (χ3v) is 5.52. The van der Waals surface area contributed by atoms with E-state index in [-0.39, 0.29) is 23.6 Å². The third kappa shape index (κ3) is 6.92. The first-order chi connectivity index (χ1) is 16.4. The molecule has 1 fully saturated rings. The second-order valence-electron chi connectivity index (χ2n) is 7.96. The number of morpholine rings is 1. The predicted molar refractivity (Wildman–Crippen MR) is 124 cm³/mol. The number of rotatable bonds is 9. The van der Waals surface area contributed by atoms with E-state index >= 15 is 0 Å². The number of ether oxygens (including phenoxy) is 2. The van der Waals surface area contributed by atoms with E-state index in [2.05, 4.69) is 15.6 Å². The van der Waals surface area contributed by atoms with Crippen molar-refractivity contribution in [3.05, 3.63) is 58.9 Å². The Kier molecular flexibility index (Phi) is 8.80. The molecule has 0 bridgehead atoms. The summed E-state index contributed by atoms with van der Waals surface area (Å²) >= 11 is 0.